The van der Waals surface area contributed by atoms with E-state index in [-0.39, 0.29) is 11.7 Å². The number of carbonyl (C=O) groups excluding carboxylic acids is 1. The fourth-order valence-corrected chi connectivity index (χ4v) is 2.76. The number of halogens is 1. The van der Waals surface area contributed by atoms with E-state index in [4.69, 9.17) is 4.74 Å². The van der Waals surface area contributed by atoms with E-state index in [0.29, 0.717) is 18.9 Å². The van der Waals surface area contributed by atoms with Crippen molar-refractivity contribution in [2.75, 3.05) is 26.0 Å². The minimum atomic E-state index is -0.272. The summed E-state index contributed by atoms with van der Waals surface area (Å²) in [5, 5.41) is 0. The van der Waals surface area contributed by atoms with Crippen LogP contribution in [0.5, 0.6) is 5.75 Å². The standard InChI is InChI=1S/C18H20FNO2S/c1-14-5-3-4-6-17(14)22-12-11-20(2)18(21)13-23-16-9-7-15(19)8-10-16/h3-10H,11-13H2,1-2H3. The average Bonchev–Trinajstić information content (AvgIpc) is 2.55. The maximum Gasteiger partial charge on any atom is 0.232 e. The van der Waals surface area contributed by atoms with Gasteiger partial charge in [-0.3, -0.25) is 4.79 Å². The zero-order chi connectivity index (χ0) is 16.7. The summed E-state index contributed by atoms with van der Waals surface area (Å²) in [4.78, 5) is 14.6. The highest BCUT2D eigenvalue weighted by Gasteiger charge is 2.09. The lowest BCUT2D eigenvalue weighted by Gasteiger charge is -2.18. The molecule has 0 aliphatic rings. The molecule has 0 fully saturated rings. The molecule has 0 unspecified atom stereocenters. The monoisotopic (exact) mass is 333 g/mol. The van der Waals surface area contributed by atoms with Gasteiger partial charge in [0.1, 0.15) is 18.2 Å². The lowest BCUT2D eigenvalue weighted by atomic mass is 10.2. The van der Waals surface area contributed by atoms with Crippen LogP contribution in [0.2, 0.25) is 0 Å². The predicted octanol–water partition coefficient (Wildman–Crippen LogP) is 3.76. The van der Waals surface area contributed by atoms with Crippen LogP contribution in [0.3, 0.4) is 0 Å². The molecule has 0 aromatic heterocycles. The zero-order valence-corrected chi connectivity index (χ0v) is 14.1. The van der Waals surface area contributed by atoms with E-state index in [1.54, 1.807) is 24.1 Å². The third-order valence-electron chi connectivity index (χ3n) is 3.38. The summed E-state index contributed by atoms with van der Waals surface area (Å²) in [6, 6.07) is 13.9. The third-order valence-corrected chi connectivity index (χ3v) is 4.38. The van der Waals surface area contributed by atoms with Gasteiger partial charge in [0.05, 0.1) is 12.3 Å². The highest BCUT2D eigenvalue weighted by Crippen LogP contribution is 2.18. The molecule has 0 atom stereocenters. The molecule has 1 amide bonds. The Hall–Kier alpha value is -2.01. The van der Waals surface area contributed by atoms with Crippen molar-refractivity contribution in [2.45, 2.75) is 11.8 Å². The molecule has 0 saturated heterocycles. The van der Waals surface area contributed by atoms with E-state index in [1.807, 2.05) is 31.2 Å². The van der Waals surface area contributed by atoms with Crippen LogP contribution in [0.25, 0.3) is 0 Å². The highest BCUT2D eigenvalue weighted by molar-refractivity contribution is 8.00. The van der Waals surface area contributed by atoms with E-state index in [9.17, 15) is 9.18 Å². The molecule has 0 N–H and O–H groups in total. The number of carbonyl (C=O) groups is 1. The second kappa shape index (κ2) is 8.58. The number of hydrogen-bond donors (Lipinski definition) is 0. The number of rotatable bonds is 7. The Morgan fingerprint density at radius 1 is 1.17 bits per heavy atom. The van der Waals surface area contributed by atoms with E-state index < -0.39 is 0 Å². The van der Waals surface area contributed by atoms with Gasteiger partial charge >= 0.3 is 0 Å². The molecule has 2 rings (SSSR count). The Morgan fingerprint density at radius 3 is 2.57 bits per heavy atom. The molecule has 23 heavy (non-hydrogen) atoms. The van der Waals surface area contributed by atoms with Gasteiger partial charge in [0.25, 0.3) is 0 Å². The Kier molecular flexibility index (Phi) is 6.47. The van der Waals surface area contributed by atoms with Crippen LogP contribution in [-0.2, 0) is 4.79 Å². The first-order chi connectivity index (χ1) is 11.1. The first-order valence-electron chi connectivity index (χ1n) is 7.37. The fraction of sp³-hybridized carbons (Fsp3) is 0.278. The molecule has 2 aromatic carbocycles. The normalized spacial score (nSPS) is 10.4. The van der Waals surface area contributed by atoms with Crippen LogP contribution in [0.4, 0.5) is 4.39 Å². The summed E-state index contributed by atoms with van der Waals surface area (Å²) in [6.07, 6.45) is 0. The Morgan fingerprint density at radius 2 is 1.87 bits per heavy atom. The summed E-state index contributed by atoms with van der Waals surface area (Å²) in [5.41, 5.74) is 1.08. The van der Waals surface area contributed by atoms with Crippen molar-refractivity contribution < 1.29 is 13.9 Å². The van der Waals surface area contributed by atoms with Crippen molar-refractivity contribution in [1.82, 2.24) is 4.90 Å². The molecule has 0 aliphatic heterocycles. The van der Waals surface area contributed by atoms with Crippen molar-refractivity contribution in [3.8, 4) is 5.75 Å². The largest absolute Gasteiger partial charge is 0.491 e. The van der Waals surface area contributed by atoms with Crippen molar-refractivity contribution in [3.63, 3.8) is 0 Å². The number of para-hydroxylation sites is 1. The number of thioether (sulfide) groups is 1. The molecular weight excluding hydrogens is 313 g/mol. The lowest BCUT2D eigenvalue weighted by Crippen LogP contribution is -2.32. The topological polar surface area (TPSA) is 29.5 Å². The molecular formula is C18H20FNO2S. The number of amides is 1. The smallest absolute Gasteiger partial charge is 0.232 e. The number of aryl methyl sites for hydroxylation is 1. The molecule has 0 bridgehead atoms. The van der Waals surface area contributed by atoms with E-state index in [1.165, 1.54) is 23.9 Å². The summed E-state index contributed by atoms with van der Waals surface area (Å²) < 4.78 is 18.5. The maximum atomic E-state index is 12.8. The molecule has 0 spiro atoms. The number of benzene rings is 2. The Bertz CT molecular complexity index is 646. The summed E-state index contributed by atoms with van der Waals surface area (Å²) in [5.74, 6) is 0.917. The van der Waals surface area contributed by atoms with Crippen LogP contribution in [0.1, 0.15) is 5.56 Å². The van der Waals surface area contributed by atoms with Gasteiger partial charge in [0, 0.05) is 11.9 Å². The lowest BCUT2D eigenvalue weighted by molar-refractivity contribution is -0.127. The highest BCUT2D eigenvalue weighted by atomic mass is 32.2. The van der Waals surface area contributed by atoms with Gasteiger partial charge in [-0.25, -0.2) is 4.39 Å². The quantitative estimate of drug-likeness (QED) is 0.723. The van der Waals surface area contributed by atoms with Crippen LogP contribution >= 0.6 is 11.8 Å². The predicted molar refractivity (Wildman–Crippen MR) is 91.4 cm³/mol. The van der Waals surface area contributed by atoms with Crippen LogP contribution < -0.4 is 4.74 Å². The van der Waals surface area contributed by atoms with Gasteiger partial charge < -0.3 is 9.64 Å². The van der Waals surface area contributed by atoms with Crippen LogP contribution in [-0.4, -0.2) is 36.8 Å². The number of ether oxygens (including phenoxy) is 1. The molecule has 0 saturated carbocycles. The molecule has 2 aromatic rings. The first-order valence-corrected chi connectivity index (χ1v) is 8.35. The van der Waals surface area contributed by atoms with Crippen LogP contribution in [0.15, 0.2) is 53.4 Å². The number of hydrogen-bond acceptors (Lipinski definition) is 3. The van der Waals surface area contributed by atoms with E-state index in [0.717, 1.165) is 16.2 Å². The summed E-state index contributed by atoms with van der Waals surface area (Å²) >= 11 is 1.40. The molecule has 0 aliphatic carbocycles. The number of nitrogens with zero attached hydrogens (tertiary/aromatic N) is 1. The Labute approximate surface area is 140 Å². The van der Waals surface area contributed by atoms with Crippen molar-refractivity contribution >= 4 is 17.7 Å². The first kappa shape index (κ1) is 17.3. The van der Waals surface area contributed by atoms with E-state index in [2.05, 4.69) is 0 Å². The van der Waals surface area contributed by atoms with Crippen molar-refractivity contribution in [3.05, 3.63) is 59.9 Å². The van der Waals surface area contributed by atoms with Gasteiger partial charge in [-0.15, -0.1) is 11.8 Å². The third kappa shape index (κ3) is 5.60. The van der Waals surface area contributed by atoms with Gasteiger partial charge in [-0.2, -0.15) is 0 Å². The maximum absolute atomic E-state index is 12.8. The number of likely N-dealkylation sites (N-methyl/N-ethyl adjacent to an activating group) is 1. The van der Waals surface area contributed by atoms with Crippen LogP contribution in [0, 0.1) is 12.7 Å². The SMILES string of the molecule is Cc1ccccc1OCCN(C)C(=O)CSc1ccc(F)cc1. The second-order valence-corrected chi connectivity index (χ2v) is 6.22. The molecule has 3 nitrogen and oxygen atoms in total. The summed E-state index contributed by atoms with van der Waals surface area (Å²) in [7, 11) is 1.76. The fourth-order valence-electron chi connectivity index (χ4n) is 1.92. The minimum absolute atomic E-state index is 0.0210. The van der Waals surface area contributed by atoms with Gasteiger partial charge in [0.15, 0.2) is 0 Å². The zero-order valence-electron chi connectivity index (χ0n) is 13.3. The molecule has 0 heterocycles. The Balaban J connectivity index is 1.72. The average molecular weight is 333 g/mol. The van der Waals surface area contributed by atoms with Gasteiger partial charge in [-0.1, -0.05) is 18.2 Å². The summed E-state index contributed by atoms with van der Waals surface area (Å²) in [6.45, 7) is 2.97. The second-order valence-electron chi connectivity index (χ2n) is 5.17. The van der Waals surface area contributed by atoms with Gasteiger partial charge in [0.2, 0.25) is 5.91 Å². The van der Waals surface area contributed by atoms with Crippen molar-refractivity contribution in [1.29, 1.82) is 0 Å². The van der Waals surface area contributed by atoms with Gasteiger partial charge in [-0.05, 0) is 42.8 Å². The molecule has 122 valence electrons. The van der Waals surface area contributed by atoms with Crippen molar-refractivity contribution in [2.24, 2.45) is 0 Å². The van der Waals surface area contributed by atoms with E-state index >= 15 is 0 Å². The molecule has 0 radical (unpaired) electrons. The minimum Gasteiger partial charge on any atom is -0.491 e. The molecule has 5 heteroatoms.